The number of carbonyl (C=O) groups excluding carboxylic acids is 2. The molecule has 0 radical (unpaired) electrons. The number of hydrogen-bond acceptors (Lipinski definition) is 9. The first-order valence-electron chi connectivity index (χ1n) is 7.90. The Morgan fingerprint density at radius 2 is 1.83 bits per heavy atom. The van der Waals surface area contributed by atoms with Crippen molar-refractivity contribution in [1.29, 1.82) is 0 Å². The van der Waals surface area contributed by atoms with Crippen molar-refractivity contribution in [3.63, 3.8) is 0 Å². The van der Waals surface area contributed by atoms with Gasteiger partial charge in [0.2, 0.25) is 17.7 Å². The van der Waals surface area contributed by atoms with Crippen LogP contribution in [0, 0.1) is 0 Å². The SMILES string of the molecule is COc1cc(OC)nc(NC(=O)NS(=O)(=O)c2c(Cl)c(Cl)cc3c2OCC(=O)N3)n1. The van der Waals surface area contributed by atoms with Gasteiger partial charge in [0.25, 0.3) is 15.9 Å². The Balaban J connectivity index is 1.91. The second-order valence-corrected chi connectivity index (χ2v) is 7.96. The molecule has 0 bridgehead atoms. The molecule has 1 aromatic heterocycles. The van der Waals surface area contributed by atoms with E-state index in [9.17, 15) is 18.0 Å². The number of methoxy groups -OCH3 is 2. The molecule has 30 heavy (non-hydrogen) atoms. The van der Waals surface area contributed by atoms with Crippen molar-refractivity contribution in [3.8, 4) is 17.5 Å². The summed E-state index contributed by atoms with van der Waals surface area (Å²) in [7, 11) is -1.93. The van der Waals surface area contributed by atoms with Gasteiger partial charge in [-0.05, 0) is 6.07 Å². The Bertz CT molecular complexity index is 1120. The number of ether oxygens (including phenoxy) is 3. The lowest BCUT2D eigenvalue weighted by Gasteiger charge is -2.22. The van der Waals surface area contributed by atoms with Crippen LogP contribution in [0.2, 0.25) is 10.0 Å². The highest BCUT2D eigenvalue weighted by atomic mass is 35.5. The van der Waals surface area contributed by atoms with Crippen LogP contribution < -0.4 is 29.6 Å². The molecule has 0 saturated carbocycles. The van der Waals surface area contributed by atoms with Crippen LogP contribution in [0.15, 0.2) is 17.0 Å². The van der Waals surface area contributed by atoms with Crippen molar-refractivity contribution in [2.24, 2.45) is 0 Å². The summed E-state index contributed by atoms with van der Waals surface area (Å²) >= 11 is 12.0. The summed E-state index contributed by atoms with van der Waals surface area (Å²) in [5.74, 6) is -0.934. The van der Waals surface area contributed by atoms with Gasteiger partial charge in [-0.1, -0.05) is 23.2 Å². The van der Waals surface area contributed by atoms with E-state index in [0.717, 1.165) is 0 Å². The van der Waals surface area contributed by atoms with Crippen LogP contribution in [-0.4, -0.2) is 51.2 Å². The van der Waals surface area contributed by atoms with E-state index in [0.29, 0.717) is 0 Å². The Hall–Kier alpha value is -3.03. The fraction of sp³-hybridized carbons (Fsp3) is 0.200. The first-order chi connectivity index (χ1) is 14.1. The van der Waals surface area contributed by atoms with E-state index in [4.69, 9.17) is 37.4 Å². The first kappa shape index (κ1) is 21.7. The predicted molar refractivity (Wildman–Crippen MR) is 105 cm³/mol. The molecular formula is C15H13Cl2N5O7S. The van der Waals surface area contributed by atoms with Crippen molar-refractivity contribution in [2.45, 2.75) is 4.90 Å². The Labute approximate surface area is 179 Å². The molecule has 0 atom stereocenters. The van der Waals surface area contributed by atoms with Crippen LogP contribution in [0.25, 0.3) is 0 Å². The number of carbonyl (C=O) groups is 2. The Kier molecular flexibility index (Phi) is 6.05. The number of hydrogen-bond donors (Lipinski definition) is 3. The molecule has 160 valence electrons. The third-order valence-corrected chi connectivity index (χ3v) is 5.85. The minimum atomic E-state index is -4.60. The molecule has 0 spiro atoms. The second-order valence-electron chi connectivity index (χ2n) is 5.55. The lowest BCUT2D eigenvalue weighted by atomic mass is 10.2. The standard InChI is InChI=1S/C15H13Cl2N5O7S/c1-27-9-4-10(28-2)20-14(19-9)21-15(24)22-30(25,26)13-11(17)6(16)3-7-12(13)29-5-8(23)18-7/h3-4H,5H2,1-2H3,(H,18,23)(H2,19,20,21,22,24). The summed E-state index contributed by atoms with van der Waals surface area (Å²) in [4.78, 5) is 30.8. The average molecular weight is 478 g/mol. The highest BCUT2D eigenvalue weighted by Crippen LogP contribution is 2.43. The largest absolute Gasteiger partial charge is 0.481 e. The highest BCUT2D eigenvalue weighted by molar-refractivity contribution is 7.90. The summed E-state index contributed by atoms with van der Waals surface area (Å²) in [6, 6.07) is 1.37. The van der Waals surface area contributed by atoms with E-state index >= 15 is 0 Å². The molecule has 2 aromatic rings. The van der Waals surface area contributed by atoms with Crippen molar-refractivity contribution >= 4 is 56.8 Å². The predicted octanol–water partition coefficient (Wildman–Crippen LogP) is 1.64. The summed E-state index contributed by atoms with van der Waals surface area (Å²) in [5, 5.41) is 3.98. The summed E-state index contributed by atoms with van der Waals surface area (Å²) < 4.78 is 42.4. The van der Waals surface area contributed by atoms with Gasteiger partial charge in [-0.25, -0.2) is 17.9 Å². The third kappa shape index (κ3) is 4.42. The average Bonchev–Trinajstić information content (AvgIpc) is 2.67. The summed E-state index contributed by atoms with van der Waals surface area (Å²) in [6.45, 7) is -0.447. The quantitative estimate of drug-likeness (QED) is 0.581. The van der Waals surface area contributed by atoms with Crippen LogP contribution in [0.5, 0.6) is 17.5 Å². The molecule has 1 aliphatic heterocycles. The van der Waals surface area contributed by atoms with Crippen LogP contribution in [0.4, 0.5) is 16.4 Å². The summed E-state index contributed by atoms with van der Waals surface area (Å²) in [6.07, 6.45) is 0. The molecule has 1 aromatic carbocycles. The van der Waals surface area contributed by atoms with Crippen molar-refractivity contribution in [2.75, 3.05) is 31.5 Å². The Morgan fingerprint density at radius 3 is 2.43 bits per heavy atom. The molecule has 0 fully saturated rings. The molecule has 1 aliphatic rings. The van der Waals surface area contributed by atoms with Crippen molar-refractivity contribution in [3.05, 3.63) is 22.2 Å². The monoisotopic (exact) mass is 477 g/mol. The number of urea groups is 1. The van der Waals surface area contributed by atoms with Crippen LogP contribution in [0.1, 0.15) is 0 Å². The molecular weight excluding hydrogens is 465 g/mol. The number of rotatable bonds is 5. The number of benzene rings is 1. The van der Waals surface area contributed by atoms with Crippen LogP contribution >= 0.6 is 23.2 Å². The zero-order chi connectivity index (χ0) is 22.1. The maximum atomic E-state index is 12.8. The van der Waals surface area contributed by atoms with E-state index < -0.39 is 38.5 Å². The maximum absolute atomic E-state index is 12.8. The van der Waals surface area contributed by atoms with E-state index in [2.05, 4.69) is 20.6 Å². The zero-order valence-corrected chi connectivity index (χ0v) is 17.6. The number of fused-ring (bicyclic) bond motifs is 1. The van der Waals surface area contributed by atoms with E-state index in [1.54, 1.807) is 4.72 Å². The fourth-order valence-electron chi connectivity index (χ4n) is 2.36. The minimum absolute atomic E-state index is 0.0118. The number of amides is 3. The number of sulfonamides is 1. The maximum Gasteiger partial charge on any atom is 0.335 e. The molecule has 0 unspecified atom stereocenters. The molecule has 3 rings (SSSR count). The van der Waals surface area contributed by atoms with E-state index in [-0.39, 0.29) is 34.2 Å². The number of halogens is 2. The van der Waals surface area contributed by atoms with Gasteiger partial charge < -0.3 is 19.5 Å². The number of nitrogens with zero attached hydrogens (tertiary/aromatic N) is 2. The number of aromatic nitrogens is 2. The van der Waals surface area contributed by atoms with Gasteiger partial charge in [-0.3, -0.25) is 10.1 Å². The Morgan fingerprint density at radius 1 is 1.20 bits per heavy atom. The van der Waals surface area contributed by atoms with Crippen LogP contribution in [0.3, 0.4) is 0 Å². The van der Waals surface area contributed by atoms with Gasteiger partial charge in [0.15, 0.2) is 17.3 Å². The molecule has 3 N–H and O–H groups in total. The van der Waals surface area contributed by atoms with Gasteiger partial charge in [-0.2, -0.15) is 9.97 Å². The molecule has 0 aliphatic carbocycles. The normalized spacial score (nSPS) is 12.9. The first-order valence-corrected chi connectivity index (χ1v) is 10.1. The highest BCUT2D eigenvalue weighted by Gasteiger charge is 2.32. The lowest BCUT2D eigenvalue weighted by Crippen LogP contribution is -2.36. The molecule has 2 heterocycles. The number of anilines is 2. The van der Waals surface area contributed by atoms with E-state index in [1.807, 2.05) is 0 Å². The van der Waals surface area contributed by atoms with Gasteiger partial charge in [0.1, 0.15) is 0 Å². The number of nitrogens with one attached hydrogen (secondary N) is 3. The lowest BCUT2D eigenvalue weighted by molar-refractivity contribution is -0.118. The summed E-state index contributed by atoms with van der Waals surface area (Å²) in [5.41, 5.74) is -0.0118. The van der Waals surface area contributed by atoms with Crippen molar-refractivity contribution in [1.82, 2.24) is 14.7 Å². The van der Waals surface area contributed by atoms with Crippen molar-refractivity contribution < 1.29 is 32.2 Å². The molecule has 15 heteroatoms. The minimum Gasteiger partial charge on any atom is -0.481 e. The second kappa shape index (κ2) is 8.38. The van der Waals surface area contributed by atoms with Gasteiger partial charge >= 0.3 is 6.03 Å². The smallest absolute Gasteiger partial charge is 0.335 e. The van der Waals surface area contributed by atoms with Gasteiger partial charge in [0.05, 0.1) is 36.0 Å². The molecule has 3 amide bonds. The third-order valence-electron chi connectivity index (χ3n) is 3.57. The fourth-order valence-corrected chi connectivity index (χ4v) is 4.22. The van der Waals surface area contributed by atoms with Gasteiger partial charge in [-0.15, -0.1) is 0 Å². The topological polar surface area (TPSA) is 158 Å². The molecule has 0 saturated heterocycles. The molecule has 12 nitrogen and oxygen atoms in total. The van der Waals surface area contributed by atoms with Crippen LogP contribution in [-0.2, 0) is 14.8 Å². The van der Waals surface area contributed by atoms with Gasteiger partial charge in [0, 0.05) is 0 Å². The van der Waals surface area contributed by atoms with E-state index in [1.165, 1.54) is 26.4 Å². The zero-order valence-electron chi connectivity index (χ0n) is 15.3.